The lowest BCUT2D eigenvalue weighted by molar-refractivity contribution is -0.129. The van der Waals surface area contributed by atoms with E-state index in [1.165, 1.54) is 0 Å². The molecule has 1 aromatic heterocycles. The summed E-state index contributed by atoms with van der Waals surface area (Å²) < 4.78 is 37.0. The standard InChI is InChI=1S/C17H22ClF2N5O2.C4H6O2.C2H6/c1-17(2,3)27-16(26)24-12(8-21-4)10-5-6-11(18)13(7-10)25-15(14(19)20)22-9-23-25;5-3-6-4-1-2-4;1-2/h5-7,9,12,14,21H,8H2,1-4H3,(H,24,26);3-4H,1-2H2;1-2H3. The molecule has 0 radical (unpaired) electrons. The number of benzene rings is 1. The molecule has 196 valence electrons. The monoisotopic (exact) mass is 517 g/mol. The lowest BCUT2D eigenvalue weighted by Gasteiger charge is -2.24. The molecule has 3 rings (SSSR count). The van der Waals surface area contributed by atoms with E-state index in [2.05, 4.69) is 25.5 Å². The lowest BCUT2D eigenvalue weighted by Crippen LogP contribution is -2.38. The van der Waals surface area contributed by atoms with E-state index in [4.69, 9.17) is 16.3 Å². The van der Waals surface area contributed by atoms with E-state index in [1.54, 1.807) is 46.0 Å². The molecule has 2 N–H and O–H groups in total. The van der Waals surface area contributed by atoms with Gasteiger partial charge in [0.25, 0.3) is 12.9 Å². The molecule has 1 aromatic carbocycles. The van der Waals surface area contributed by atoms with Crippen LogP contribution in [0.2, 0.25) is 5.02 Å². The fourth-order valence-corrected chi connectivity index (χ4v) is 2.88. The number of carbonyl (C=O) groups is 2. The highest BCUT2D eigenvalue weighted by atomic mass is 35.5. The van der Waals surface area contributed by atoms with Crippen LogP contribution in [-0.4, -0.2) is 52.6 Å². The Balaban J connectivity index is 0.000000654. The van der Waals surface area contributed by atoms with Crippen LogP contribution in [-0.2, 0) is 14.3 Å². The molecular weight excluding hydrogens is 484 g/mol. The van der Waals surface area contributed by atoms with Crippen molar-refractivity contribution >= 4 is 24.2 Å². The van der Waals surface area contributed by atoms with Crippen molar-refractivity contribution in [2.24, 2.45) is 0 Å². The first-order valence-corrected chi connectivity index (χ1v) is 11.6. The van der Waals surface area contributed by atoms with Crippen LogP contribution in [0.5, 0.6) is 0 Å². The predicted molar refractivity (Wildman–Crippen MR) is 129 cm³/mol. The summed E-state index contributed by atoms with van der Waals surface area (Å²) in [4.78, 5) is 25.1. The van der Waals surface area contributed by atoms with Crippen molar-refractivity contribution in [3.63, 3.8) is 0 Å². The van der Waals surface area contributed by atoms with Crippen LogP contribution in [0.4, 0.5) is 13.6 Å². The number of ether oxygens (including phenoxy) is 2. The number of likely N-dealkylation sites (N-methyl/N-ethyl adjacent to an activating group) is 1. The zero-order valence-electron chi connectivity index (χ0n) is 20.8. The number of nitrogens with one attached hydrogen (secondary N) is 2. The van der Waals surface area contributed by atoms with Gasteiger partial charge in [0.05, 0.1) is 16.8 Å². The van der Waals surface area contributed by atoms with E-state index < -0.39 is 30.0 Å². The second kappa shape index (κ2) is 14.6. The minimum Gasteiger partial charge on any atom is -0.465 e. The summed E-state index contributed by atoms with van der Waals surface area (Å²) in [5.41, 5.74) is 0.242. The Kier molecular flexibility index (Phi) is 12.6. The maximum atomic E-state index is 13.1. The molecule has 1 aliphatic carbocycles. The first-order valence-electron chi connectivity index (χ1n) is 11.3. The van der Waals surface area contributed by atoms with Crippen LogP contribution in [0.25, 0.3) is 5.69 Å². The third-order valence-electron chi connectivity index (χ3n) is 4.24. The SMILES string of the molecule is CC.CNCC(NC(=O)OC(C)(C)C)c1ccc(Cl)c(-n2ncnc2C(F)F)c1.O=COC1CC1. The molecule has 0 saturated heterocycles. The fraction of sp³-hybridized carbons (Fsp3) is 0.565. The molecule has 0 aliphatic heterocycles. The third-order valence-corrected chi connectivity index (χ3v) is 4.56. The highest BCUT2D eigenvalue weighted by molar-refractivity contribution is 6.32. The molecule has 1 amide bonds. The topological polar surface area (TPSA) is 107 Å². The first kappa shape index (κ1) is 30.2. The van der Waals surface area contributed by atoms with Gasteiger partial charge in [0.1, 0.15) is 18.0 Å². The molecule has 1 fully saturated rings. The molecule has 1 heterocycles. The normalized spacial score (nSPS) is 13.5. The van der Waals surface area contributed by atoms with Crippen molar-refractivity contribution < 1.29 is 27.8 Å². The Morgan fingerprint density at radius 2 is 1.97 bits per heavy atom. The van der Waals surface area contributed by atoms with Gasteiger partial charge in [-0.25, -0.2) is 23.2 Å². The largest absolute Gasteiger partial charge is 0.465 e. The lowest BCUT2D eigenvalue weighted by atomic mass is 10.1. The number of nitrogens with zero attached hydrogens (tertiary/aromatic N) is 3. The van der Waals surface area contributed by atoms with Gasteiger partial charge in [-0.1, -0.05) is 31.5 Å². The number of alkyl carbamates (subject to hydrolysis) is 1. The molecule has 1 saturated carbocycles. The van der Waals surface area contributed by atoms with Crippen LogP contribution >= 0.6 is 11.6 Å². The summed E-state index contributed by atoms with van der Waals surface area (Å²) in [7, 11) is 1.73. The molecule has 1 unspecified atom stereocenters. The summed E-state index contributed by atoms with van der Waals surface area (Å²) in [6, 6.07) is 4.37. The fourth-order valence-electron chi connectivity index (χ4n) is 2.68. The second-order valence-corrected chi connectivity index (χ2v) is 8.64. The van der Waals surface area contributed by atoms with E-state index in [1.807, 2.05) is 13.8 Å². The van der Waals surface area contributed by atoms with Gasteiger partial charge in [0.2, 0.25) is 0 Å². The molecule has 0 bridgehead atoms. The number of rotatable bonds is 8. The Hall–Kier alpha value is -2.79. The van der Waals surface area contributed by atoms with Crippen LogP contribution < -0.4 is 10.6 Å². The van der Waals surface area contributed by atoms with Crippen LogP contribution in [0.15, 0.2) is 24.5 Å². The quantitative estimate of drug-likeness (QED) is 0.475. The Morgan fingerprint density at radius 1 is 1.31 bits per heavy atom. The zero-order valence-corrected chi connectivity index (χ0v) is 21.6. The summed E-state index contributed by atoms with van der Waals surface area (Å²) in [5, 5.41) is 9.80. The van der Waals surface area contributed by atoms with Crippen molar-refractivity contribution in [2.45, 2.75) is 71.6 Å². The predicted octanol–water partition coefficient (Wildman–Crippen LogP) is 4.99. The van der Waals surface area contributed by atoms with Gasteiger partial charge in [-0.2, -0.15) is 5.10 Å². The minimum absolute atomic E-state index is 0.228. The van der Waals surface area contributed by atoms with Crippen LogP contribution in [0.1, 0.15) is 71.3 Å². The van der Waals surface area contributed by atoms with Gasteiger partial charge < -0.3 is 20.1 Å². The Labute approximate surface area is 209 Å². The van der Waals surface area contributed by atoms with E-state index in [-0.39, 0.29) is 16.8 Å². The van der Waals surface area contributed by atoms with E-state index >= 15 is 0 Å². The molecule has 35 heavy (non-hydrogen) atoms. The van der Waals surface area contributed by atoms with Crippen LogP contribution in [0.3, 0.4) is 0 Å². The number of aromatic nitrogens is 3. The maximum absolute atomic E-state index is 13.1. The number of halogens is 3. The molecular formula is C23H34ClF2N5O4. The zero-order chi connectivity index (χ0) is 26.6. The average molecular weight is 518 g/mol. The Bertz CT molecular complexity index is 933. The van der Waals surface area contributed by atoms with Crippen LogP contribution in [0, 0.1) is 0 Å². The molecule has 12 heteroatoms. The Morgan fingerprint density at radius 3 is 2.46 bits per heavy atom. The van der Waals surface area contributed by atoms with E-state index in [0.29, 0.717) is 18.6 Å². The van der Waals surface area contributed by atoms with Gasteiger partial charge in [0, 0.05) is 6.54 Å². The van der Waals surface area contributed by atoms with Crippen molar-refractivity contribution in [1.29, 1.82) is 0 Å². The number of hydrogen-bond acceptors (Lipinski definition) is 7. The molecule has 2 aromatic rings. The van der Waals surface area contributed by atoms with E-state index in [9.17, 15) is 18.4 Å². The molecule has 0 spiro atoms. The van der Waals surface area contributed by atoms with Crippen molar-refractivity contribution in [3.8, 4) is 5.69 Å². The summed E-state index contributed by atoms with van der Waals surface area (Å²) >= 11 is 6.18. The maximum Gasteiger partial charge on any atom is 0.408 e. The number of hydrogen-bond donors (Lipinski definition) is 2. The minimum atomic E-state index is -2.81. The van der Waals surface area contributed by atoms with E-state index in [0.717, 1.165) is 23.9 Å². The molecule has 9 nitrogen and oxygen atoms in total. The summed E-state index contributed by atoms with van der Waals surface area (Å²) in [5.74, 6) is -0.515. The number of carbonyl (C=O) groups excluding carboxylic acids is 2. The third kappa shape index (κ3) is 10.6. The number of alkyl halides is 2. The van der Waals surface area contributed by atoms with Gasteiger partial charge in [-0.3, -0.25) is 4.79 Å². The smallest absolute Gasteiger partial charge is 0.408 e. The molecule has 1 atom stereocenters. The van der Waals surface area contributed by atoms with Crippen molar-refractivity contribution in [1.82, 2.24) is 25.4 Å². The van der Waals surface area contributed by atoms with Gasteiger partial charge in [0.15, 0.2) is 5.82 Å². The van der Waals surface area contributed by atoms with Crippen molar-refractivity contribution in [2.75, 3.05) is 13.6 Å². The van der Waals surface area contributed by atoms with Crippen molar-refractivity contribution in [3.05, 3.63) is 40.9 Å². The second-order valence-electron chi connectivity index (χ2n) is 8.23. The van der Waals surface area contributed by atoms with Gasteiger partial charge in [-0.05, 0) is 58.4 Å². The average Bonchev–Trinajstić information content (AvgIpc) is 3.46. The summed E-state index contributed by atoms with van der Waals surface area (Å²) in [6.45, 7) is 10.2. The highest BCUT2D eigenvalue weighted by Crippen LogP contribution is 2.28. The van der Waals surface area contributed by atoms with Gasteiger partial charge >= 0.3 is 6.09 Å². The first-order chi connectivity index (χ1) is 16.6. The molecule has 1 aliphatic rings. The summed E-state index contributed by atoms with van der Waals surface area (Å²) in [6.07, 6.45) is 0.0578. The highest BCUT2D eigenvalue weighted by Gasteiger charge is 2.23. The number of amides is 1. The van der Waals surface area contributed by atoms with Gasteiger partial charge in [-0.15, -0.1) is 0 Å².